The van der Waals surface area contributed by atoms with Gasteiger partial charge in [-0.05, 0) is 42.7 Å². The van der Waals surface area contributed by atoms with Crippen LogP contribution < -0.4 is 11.1 Å². The Hall–Kier alpha value is -2.56. The molecule has 1 amide bonds. The Labute approximate surface area is 130 Å². The summed E-state index contributed by atoms with van der Waals surface area (Å²) < 4.78 is 4.74. The topological polar surface area (TPSA) is 77.2 Å². The number of nitrogens with zero attached hydrogens (tertiary/aromatic N) is 1. The number of unbranched alkanes of at least 4 members (excludes halogenated alkanes) is 1. The Kier molecular flexibility index (Phi) is 5.77. The van der Waals surface area contributed by atoms with Crippen molar-refractivity contribution in [2.45, 2.75) is 32.8 Å². The number of hydrogen-bond acceptors (Lipinski definition) is 4. The second kappa shape index (κ2) is 8.02. The van der Waals surface area contributed by atoms with Crippen molar-refractivity contribution in [3.8, 4) is 0 Å². The quantitative estimate of drug-likeness (QED) is 0.816. The second-order valence-electron chi connectivity index (χ2n) is 5.07. The molecule has 0 aliphatic heterocycles. The van der Waals surface area contributed by atoms with Crippen molar-refractivity contribution >= 4 is 17.5 Å². The number of aryl methyl sites for hydroxylation is 1. The minimum absolute atomic E-state index is 0.184. The number of hydrogen-bond donors (Lipinski definition) is 2. The van der Waals surface area contributed by atoms with Gasteiger partial charge in [0, 0.05) is 11.4 Å². The Bertz CT molecular complexity index is 594. The number of pyridine rings is 1. The highest BCUT2D eigenvalue weighted by Crippen LogP contribution is 2.17. The van der Waals surface area contributed by atoms with Crippen molar-refractivity contribution in [1.82, 2.24) is 4.98 Å². The number of amides is 1. The van der Waals surface area contributed by atoms with Crippen LogP contribution in [0.25, 0.3) is 0 Å². The highest BCUT2D eigenvalue weighted by atomic mass is 16.5. The molecule has 0 atom stereocenters. The lowest BCUT2D eigenvalue weighted by atomic mass is 10.2. The Balaban J connectivity index is 1.91. The summed E-state index contributed by atoms with van der Waals surface area (Å²) in [5.74, 6) is 0. The predicted molar refractivity (Wildman–Crippen MR) is 86.9 cm³/mol. The third-order valence-electron chi connectivity index (χ3n) is 3.23. The molecule has 0 fully saturated rings. The summed E-state index contributed by atoms with van der Waals surface area (Å²) in [6.45, 7) is 2.36. The zero-order valence-corrected chi connectivity index (χ0v) is 12.7. The average Bonchev–Trinajstić information content (AvgIpc) is 2.53. The smallest absolute Gasteiger partial charge is 0.404 e. The van der Waals surface area contributed by atoms with Crippen LogP contribution in [-0.2, 0) is 17.8 Å². The van der Waals surface area contributed by atoms with Gasteiger partial charge < -0.3 is 15.8 Å². The molecule has 0 spiro atoms. The molecule has 3 N–H and O–H groups in total. The molecule has 0 bridgehead atoms. The summed E-state index contributed by atoms with van der Waals surface area (Å²) in [4.78, 5) is 15.0. The van der Waals surface area contributed by atoms with E-state index < -0.39 is 6.09 Å². The highest BCUT2D eigenvalue weighted by Gasteiger charge is 2.00. The van der Waals surface area contributed by atoms with E-state index in [0.717, 1.165) is 35.5 Å². The number of carbonyl (C=O) groups excluding carboxylic acids is 1. The first-order chi connectivity index (χ1) is 10.7. The summed E-state index contributed by atoms with van der Waals surface area (Å²) in [5, 5.41) is 3.28. The van der Waals surface area contributed by atoms with Gasteiger partial charge in [-0.2, -0.15) is 0 Å². The summed E-state index contributed by atoms with van der Waals surface area (Å²) in [5.41, 5.74) is 8.83. The van der Waals surface area contributed by atoms with E-state index >= 15 is 0 Å². The van der Waals surface area contributed by atoms with Crippen LogP contribution in [0.5, 0.6) is 0 Å². The van der Waals surface area contributed by atoms with Gasteiger partial charge in [0.25, 0.3) is 0 Å². The lowest BCUT2D eigenvalue weighted by Crippen LogP contribution is -2.12. The molecule has 116 valence electrons. The number of anilines is 2. The minimum Gasteiger partial charge on any atom is -0.445 e. The molecule has 0 saturated carbocycles. The monoisotopic (exact) mass is 299 g/mol. The Morgan fingerprint density at radius 2 is 1.91 bits per heavy atom. The molecular weight excluding hydrogens is 278 g/mol. The molecule has 0 unspecified atom stereocenters. The number of nitrogens with two attached hydrogens (primary N) is 1. The largest absolute Gasteiger partial charge is 0.445 e. The van der Waals surface area contributed by atoms with Crippen molar-refractivity contribution in [3.63, 3.8) is 0 Å². The molecule has 1 aromatic heterocycles. The van der Waals surface area contributed by atoms with Crippen LogP contribution in [0.4, 0.5) is 16.2 Å². The number of benzene rings is 1. The van der Waals surface area contributed by atoms with Gasteiger partial charge in [0.15, 0.2) is 0 Å². The van der Waals surface area contributed by atoms with Crippen LogP contribution >= 0.6 is 0 Å². The SMILES string of the molecule is CCCCc1ccc(Nc2ccc(COC(N)=O)cc2)cn1. The van der Waals surface area contributed by atoms with E-state index in [-0.39, 0.29) is 6.61 Å². The Morgan fingerprint density at radius 1 is 1.18 bits per heavy atom. The molecule has 0 radical (unpaired) electrons. The number of primary amides is 1. The molecule has 1 heterocycles. The van der Waals surface area contributed by atoms with Crippen LogP contribution in [-0.4, -0.2) is 11.1 Å². The summed E-state index contributed by atoms with van der Waals surface area (Å²) in [7, 11) is 0. The fourth-order valence-corrected chi connectivity index (χ4v) is 2.01. The first-order valence-corrected chi connectivity index (χ1v) is 7.40. The molecule has 5 heteroatoms. The normalized spacial score (nSPS) is 10.2. The predicted octanol–water partition coefficient (Wildman–Crippen LogP) is 3.76. The van der Waals surface area contributed by atoms with Gasteiger partial charge in [-0.1, -0.05) is 25.5 Å². The molecule has 5 nitrogen and oxygen atoms in total. The van der Waals surface area contributed by atoms with E-state index in [1.165, 1.54) is 6.42 Å². The molecule has 0 saturated heterocycles. The number of carbonyl (C=O) groups is 1. The molecule has 2 aromatic rings. The van der Waals surface area contributed by atoms with Gasteiger partial charge in [-0.25, -0.2) is 4.79 Å². The summed E-state index contributed by atoms with van der Waals surface area (Å²) in [6.07, 6.45) is 4.43. The average molecular weight is 299 g/mol. The van der Waals surface area contributed by atoms with E-state index in [9.17, 15) is 4.79 Å². The third kappa shape index (κ3) is 5.09. The van der Waals surface area contributed by atoms with Crippen molar-refractivity contribution in [1.29, 1.82) is 0 Å². The molecule has 0 aliphatic rings. The van der Waals surface area contributed by atoms with Gasteiger partial charge in [0.1, 0.15) is 6.61 Å². The lowest BCUT2D eigenvalue weighted by molar-refractivity contribution is 0.150. The van der Waals surface area contributed by atoms with E-state index in [0.29, 0.717) is 0 Å². The van der Waals surface area contributed by atoms with Gasteiger partial charge in [-0.15, -0.1) is 0 Å². The number of aromatic nitrogens is 1. The first kappa shape index (κ1) is 15.8. The number of rotatable bonds is 7. The standard InChI is InChI=1S/C17H21N3O2/c1-2-3-4-14-9-10-16(11-19-14)20-15-7-5-13(6-8-15)12-22-17(18)21/h5-11,20H,2-4,12H2,1H3,(H2,18,21). The maximum atomic E-state index is 10.6. The van der Waals surface area contributed by atoms with Crippen LogP contribution in [0.1, 0.15) is 31.0 Å². The third-order valence-corrected chi connectivity index (χ3v) is 3.23. The number of nitrogens with one attached hydrogen (secondary N) is 1. The summed E-state index contributed by atoms with van der Waals surface area (Å²) in [6, 6.07) is 11.7. The van der Waals surface area contributed by atoms with Crippen LogP contribution in [0.3, 0.4) is 0 Å². The summed E-state index contributed by atoms with van der Waals surface area (Å²) >= 11 is 0. The van der Waals surface area contributed by atoms with Crippen LogP contribution in [0.2, 0.25) is 0 Å². The maximum absolute atomic E-state index is 10.6. The second-order valence-corrected chi connectivity index (χ2v) is 5.07. The van der Waals surface area contributed by atoms with Crippen molar-refractivity contribution in [2.24, 2.45) is 5.73 Å². The molecule has 22 heavy (non-hydrogen) atoms. The van der Waals surface area contributed by atoms with E-state index in [1.807, 2.05) is 42.6 Å². The van der Waals surface area contributed by atoms with Crippen molar-refractivity contribution in [3.05, 3.63) is 53.9 Å². The molecule has 0 aliphatic carbocycles. The molecule has 2 rings (SSSR count). The zero-order chi connectivity index (χ0) is 15.8. The highest BCUT2D eigenvalue weighted by molar-refractivity contribution is 5.64. The first-order valence-electron chi connectivity index (χ1n) is 7.40. The van der Waals surface area contributed by atoms with Crippen LogP contribution in [0.15, 0.2) is 42.6 Å². The van der Waals surface area contributed by atoms with Crippen molar-refractivity contribution < 1.29 is 9.53 Å². The number of ether oxygens (including phenoxy) is 1. The van der Waals surface area contributed by atoms with E-state index in [1.54, 1.807) is 0 Å². The molecular formula is C17H21N3O2. The fraction of sp³-hybridized carbons (Fsp3) is 0.294. The lowest BCUT2D eigenvalue weighted by Gasteiger charge is -2.08. The van der Waals surface area contributed by atoms with E-state index in [4.69, 9.17) is 10.5 Å². The maximum Gasteiger partial charge on any atom is 0.404 e. The van der Waals surface area contributed by atoms with Gasteiger partial charge >= 0.3 is 6.09 Å². The molecule has 1 aromatic carbocycles. The zero-order valence-electron chi connectivity index (χ0n) is 12.7. The van der Waals surface area contributed by atoms with Crippen molar-refractivity contribution in [2.75, 3.05) is 5.32 Å². The van der Waals surface area contributed by atoms with E-state index in [2.05, 4.69) is 17.2 Å². The van der Waals surface area contributed by atoms with Gasteiger partial charge in [0.2, 0.25) is 0 Å². The van der Waals surface area contributed by atoms with Gasteiger partial charge in [-0.3, -0.25) is 4.98 Å². The Morgan fingerprint density at radius 3 is 2.50 bits per heavy atom. The van der Waals surface area contributed by atoms with Crippen LogP contribution in [0, 0.1) is 0 Å². The minimum atomic E-state index is -0.767. The fourth-order valence-electron chi connectivity index (χ4n) is 2.01. The van der Waals surface area contributed by atoms with Gasteiger partial charge in [0.05, 0.1) is 11.9 Å².